The van der Waals surface area contributed by atoms with E-state index in [1.54, 1.807) is 0 Å². The minimum atomic E-state index is -0.976. The zero-order valence-electron chi connectivity index (χ0n) is 16.1. The van der Waals surface area contributed by atoms with Crippen molar-refractivity contribution in [2.45, 2.75) is 25.9 Å². The summed E-state index contributed by atoms with van der Waals surface area (Å²) in [6, 6.07) is 2.07. The van der Waals surface area contributed by atoms with Crippen molar-refractivity contribution in [1.29, 1.82) is 0 Å². The quantitative estimate of drug-likeness (QED) is 0.751. The van der Waals surface area contributed by atoms with Crippen molar-refractivity contribution in [3.63, 3.8) is 0 Å². The Kier molecular flexibility index (Phi) is 4.89. The molecule has 2 N–H and O–H groups in total. The standard InChI is InChI=1S/C21H19F2N3O4/c1-11-15(22)6-5-12(16(11)23)8-24-20(29)14-10-26-13-4-2-3-7-25(9-13)21(30)17(26)19(28)18(14)27/h2-3,5-6,10,13,28H,4,7-9H2,1H3,(H,24,29)/t13-/m0/s1. The molecule has 0 radical (unpaired) electrons. The van der Waals surface area contributed by atoms with Gasteiger partial charge in [-0.3, -0.25) is 14.4 Å². The average Bonchev–Trinajstić information content (AvgIpc) is 2.95. The highest BCUT2D eigenvalue weighted by Gasteiger charge is 2.35. The van der Waals surface area contributed by atoms with Crippen molar-refractivity contribution < 1.29 is 23.5 Å². The average molecular weight is 415 g/mol. The Morgan fingerprint density at radius 1 is 1.27 bits per heavy atom. The number of hydrogen-bond donors (Lipinski definition) is 2. The van der Waals surface area contributed by atoms with Crippen molar-refractivity contribution in [2.24, 2.45) is 0 Å². The molecule has 2 bridgehead atoms. The molecule has 7 nitrogen and oxygen atoms in total. The number of pyridine rings is 1. The molecule has 1 atom stereocenters. The summed E-state index contributed by atoms with van der Waals surface area (Å²) in [5.74, 6) is -3.57. The second-order valence-corrected chi connectivity index (χ2v) is 7.38. The van der Waals surface area contributed by atoms with Gasteiger partial charge in [0.1, 0.15) is 17.2 Å². The number of benzene rings is 1. The minimum absolute atomic E-state index is 0.0595. The molecular weight excluding hydrogens is 396 g/mol. The number of allylic oxidation sites excluding steroid dienone is 1. The van der Waals surface area contributed by atoms with Crippen LogP contribution >= 0.6 is 0 Å². The number of aromatic nitrogens is 1. The van der Waals surface area contributed by atoms with Crippen LogP contribution in [0.2, 0.25) is 0 Å². The molecule has 0 saturated carbocycles. The lowest BCUT2D eigenvalue weighted by Gasteiger charge is -2.34. The van der Waals surface area contributed by atoms with Crippen LogP contribution < -0.4 is 10.7 Å². The molecule has 1 aromatic carbocycles. The highest BCUT2D eigenvalue weighted by molar-refractivity contribution is 5.99. The molecule has 4 rings (SSSR count). The monoisotopic (exact) mass is 415 g/mol. The first kappa shape index (κ1) is 19.8. The first-order valence-corrected chi connectivity index (χ1v) is 9.43. The molecular formula is C21H19F2N3O4. The summed E-state index contributed by atoms with van der Waals surface area (Å²) in [5, 5.41) is 12.8. The first-order chi connectivity index (χ1) is 14.3. The predicted octanol–water partition coefficient (Wildman–Crippen LogP) is 2.03. The number of carbonyl (C=O) groups is 2. The van der Waals surface area contributed by atoms with Gasteiger partial charge in [0.15, 0.2) is 11.4 Å². The van der Waals surface area contributed by atoms with Gasteiger partial charge in [0.05, 0.1) is 6.04 Å². The van der Waals surface area contributed by atoms with Gasteiger partial charge < -0.3 is 19.9 Å². The van der Waals surface area contributed by atoms with E-state index < -0.39 is 34.6 Å². The summed E-state index contributed by atoms with van der Waals surface area (Å²) in [5.41, 5.74) is -1.58. The van der Waals surface area contributed by atoms with Crippen LogP contribution in [0.3, 0.4) is 0 Å². The van der Waals surface area contributed by atoms with E-state index in [1.165, 1.54) is 28.7 Å². The van der Waals surface area contributed by atoms with Gasteiger partial charge in [-0.1, -0.05) is 18.2 Å². The van der Waals surface area contributed by atoms with E-state index in [4.69, 9.17) is 0 Å². The number of nitrogens with one attached hydrogen (secondary N) is 1. The Bertz CT molecular complexity index is 1160. The number of rotatable bonds is 3. The van der Waals surface area contributed by atoms with E-state index in [1.807, 2.05) is 12.2 Å². The van der Waals surface area contributed by atoms with Gasteiger partial charge >= 0.3 is 0 Å². The van der Waals surface area contributed by atoms with Crippen LogP contribution in [0.25, 0.3) is 0 Å². The number of hydrogen-bond acceptors (Lipinski definition) is 4. The summed E-state index contributed by atoms with van der Waals surface area (Å²) in [7, 11) is 0. The van der Waals surface area contributed by atoms with Crippen LogP contribution in [0.15, 0.2) is 35.3 Å². The minimum Gasteiger partial charge on any atom is -0.503 e. The third-order valence-electron chi connectivity index (χ3n) is 5.51. The second-order valence-electron chi connectivity index (χ2n) is 7.38. The summed E-state index contributed by atoms with van der Waals surface area (Å²) in [6.07, 6.45) is 5.58. The highest BCUT2D eigenvalue weighted by Crippen LogP contribution is 2.30. The molecule has 9 heteroatoms. The Morgan fingerprint density at radius 2 is 2.03 bits per heavy atom. The van der Waals surface area contributed by atoms with Crippen LogP contribution in [-0.2, 0) is 6.54 Å². The lowest BCUT2D eigenvalue weighted by atomic mass is 10.1. The van der Waals surface area contributed by atoms with Gasteiger partial charge in [0, 0.05) is 37.0 Å². The highest BCUT2D eigenvalue weighted by atomic mass is 19.1. The number of carbonyl (C=O) groups excluding carboxylic acids is 2. The van der Waals surface area contributed by atoms with Crippen LogP contribution in [-0.4, -0.2) is 39.5 Å². The molecule has 1 aromatic heterocycles. The molecule has 2 aromatic rings. The van der Waals surface area contributed by atoms with Gasteiger partial charge in [-0.25, -0.2) is 8.78 Å². The first-order valence-electron chi connectivity index (χ1n) is 9.43. The largest absolute Gasteiger partial charge is 0.503 e. The summed E-state index contributed by atoms with van der Waals surface area (Å²) < 4.78 is 29.0. The topological polar surface area (TPSA) is 91.6 Å². The van der Waals surface area contributed by atoms with E-state index >= 15 is 0 Å². The molecule has 0 fully saturated rings. The van der Waals surface area contributed by atoms with Crippen molar-refractivity contribution in [2.75, 3.05) is 13.1 Å². The molecule has 0 aliphatic carbocycles. The maximum Gasteiger partial charge on any atom is 0.274 e. The van der Waals surface area contributed by atoms with Crippen LogP contribution in [0.1, 0.15) is 44.4 Å². The van der Waals surface area contributed by atoms with Crippen molar-refractivity contribution in [3.05, 3.63) is 74.7 Å². The SMILES string of the molecule is Cc1c(F)ccc(CNC(=O)c2cn3c(c(O)c2=O)C(=O)N2CC=CC[C@H]3C2)c1F. The molecule has 0 unspecified atom stereocenters. The zero-order valence-corrected chi connectivity index (χ0v) is 16.1. The third-order valence-corrected chi connectivity index (χ3v) is 5.51. The number of aromatic hydroxyl groups is 1. The van der Waals surface area contributed by atoms with Crippen LogP contribution in [0.4, 0.5) is 8.78 Å². The molecule has 2 aliphatic heterocycles. The Morgan fingerprint density at radius 3 is 2.80 bits per heavy atom. The van der Waals surface area contributed by atoms with E-state index in [9.17, 15) is 28.3 Å². The lowest BCUT2D eigenvalue weighted by Crippen LogP contribution is -2.44. The van der Waals surface area contributed by atoms with Gasteiger partial charge in [-0.05, 0) is 19.4 Å². The van der Waals surface area contributed by atoms with E-state index in [0.29, 0.717) is 19.5 Å². The Balaban J connectivity index is 1.66. The normalized spacial score (nSPS) is 17.5. The van der Waals surface area contributed by atoms with Gasteiger partial charge in [0.25, 0.3) is 11.8 Å². The molecule has 30 heavy (non-hydrogen) atoms. The molecule has 0 spiro atoms. The lowest BCUT2D eigenvalue weighted by molar-refractivity contribution is 0.0688. The zero-order chi connectivity index (χ0) is 21.6. The molecule has 3 heterocycles. The summed E-state index contributed by atoms with van der Waals surface area (Å²) >= 11 is 0. The fraction of sp³-hybridized carbons (Fsp3) is 0.286. The van der Waals surface area contributed by atoms with E-state index in [0.717, 1.165) is 6.07 Å². The number of amides is 2. The van der Waals surface area contributed by atoms with Crippen molar-refractivity contribution >= 4 is 11.8 Å². The van der Waals surface area contributed by atoms with Gasteiger partial charge in [-0.2, -0.15) is 0 Å². The summed E-state index contributed by atoms with van der Waals surface area (Å²) in [4.78, 5) is 39.4. The van der Waals surface area contributed by atoms with Crippen LogP contribution in [0.5, 0.6) is 5.75 Å². The summed E-state index contributed by atoms with van der Waals surface area (Å²) in [6.45, 7) is 1.79. The van der Waals surface area contributed by atoms with Crippen molar-refractivity contribution in [1.82, 2.24) is 14.8 Å². The van der Waals surface area contributed by atoms with Gasteiger partial charge in [0.2, 0.25) is 5.43 Å². The molecule has 156 valence electrons. The predicted molar refractivity (Wildman–Crippen MR) is 103 cm³/mol. The third kappa shape index (κ3) is 3.16. The number of halogens is 2. The maximum absolute atomic E-state index is 14.2. The number of fused-ring (bicyclic) bond motifs is 4. The Hall–Kier alpha value is -3.49. The van der Waals surface area contributed by atoms with E-state index in [2.05, 4.69) is 5.32 Å². The Labute approximate surface area is 170 Å². The molecule has 2 amide bonds. The van der Waals surface area contributed by atoms with Gasteiger partial charge in [-0.15, -0.1) is 0 Å². The maximum atomic E-state index is 14.2. The second kappa shape index (κ2) is 7.40. The fourth-order valence-electron chi connectivity index (χ4n) is 3.78. The van der Waals surface area contributed by atoms with Crippen LogP contribution in [0, 0.1) is 18.6 Å². The molecule has 2 aliphatic rings. The molecule has 0 saturated heterocycles. The van der Waals surface area contributed by atoms with Crippen molar-refractivity contribution in [3.8, 4) is 5.75 Å². The smallest absolute Gasteiger partial charge is 0.274 e. The fourth-order valence-corrected chi connectivity index (χ4v) is 3.78. The van der Waals surface area contributed by atoms with E-state index in [-0.39, 0.29) is 35.0 Å². The number of nitrogens with zero attached hydrogens (tertiary/aromatic N) is 2.